The molecule has 1 fully saturated rings. The molecular formula is C20H20ClNO5S2. The fourth-order valence-electron chi connectivity index (χ4n) is 3.88. The first-order chi connectivity index (χ1) is 13.7. The number of fused-ring (bicyclic) bond motifs is 1. The summed E-state index contributed by atoms with van der Waals surface area (Å²) in [6.45, 7) is 0.952. The van der Waals surface area contributed by atoms with Gasteiger partial charge in [0.25, 0.3) is 5.91 Å². The van der Waals surface area contributed by atoms with Crippen molar-refractivity contribution < 1.29 is 21.6 Å². The highest BCUT2D eigenvalue weighted by Gasteiger charge is 2.38. The number of halogens is 1. The Kier molecular flexibility index (Phi) is 5.21. The fraction of sp³-hybridized carbons (Fsp3) is 0.350. The van der Waals surface area contributed by atoms with Crippen molar-refractivity contribution >= 4 is 37.2 Å². The molecule has 154 valence electrons. The lowest BCUT2D eigenvalue weighted by molar-refractivity contribution is 0.0734. The predicted octanol–water partition coefficient (Wildman–Crippen LogP) is 2.50. The van der Waals surface area contributed by atoms with E-state index in [2.05, 4.69) is 0 Å². The Labute approximate surface area is 175 Å². The van der Waals surface area contributed by atoms with Crippen molar-refractivity contribution in [3.8, 4) is 0 Å². The number of nitrogens with zero attached hydrogens (tertiary/aromatic N) is 1. The van der Waals surface area contributed by atoms with Gasteiger partial charge in [0.05, 0.1) is 32.2 Å². The summed E-state index contributed by atoms with van der Waals surface area (Å²) < 4.78 is 49.2. The maximum absolute atomic E-state index is 13.1. The third kappa shape index (κ3) is 3.93. The van der Waals surface area contributed by atoms with Gasteiger partial charge in [-0.1, -0.05) is 35.9 Å². The summed E-state index contributed by atoms with van der Waals surface area (Å²) in [5, 5.41) is -0.814. The number of sulfone groups is 2. The molecule has 1 amide bonds. The van der Waals surface area contributed by atoms with Gasteiger partial charge >= 0.3 is 0 Å². The van der Waals surface area contributed by atoms with Crippen LogP contribution in [0.15, 0.2) is 47.4 Å². The zero-order chi connectivity index (χ0) is 20.8. The van der Waals surface area contributed by atoms with E-state index in [0.717, 1.165) is 12.0 Å². The first kappa shape index (κ1) is 20.4. The zero-order valence-electron chi connectivity index (χ0n) is 15.5. The maximum atomic E-state index is 13.1. The third-order valence-electron chi connectivity index (χ3n) is 5.54. The largest absolute Gasteiger partial charge is 0.334 e. The molecule has 2 heterocycles. The van der Waals surface area contributed by atoms with Gasteiger partial charge in [-0.3, -0.25) is 4.79 Å². The number of carbonyl (C=O) groups is 1. The Morgan fingerprint density at radius 2 is 1.83 bits per heavy atom. The van der Waals surface area contributed by atoms with E-state index in [4.69, 9.17) is 11.6 Å². The second-order valence-electron chi connectivity index (χ2n) is 7.46. The quantitative estimate of drug-likeness (QED) is 0.712. The van der Waals surface area contributed by atoms with Crippen LogP contribution >= 0.6 is 11.6 Å². The Morgan fingerprint density at radius 1 is 1.10 bits per heavy atom. The SMILES string of the molecule is O=C(c1cc(S(=O)(=O)C2CCS(=O)(=O)C2)ccc1Cl)N1CCc2ccccc2C1. The minimum atomic E-state index is -3.87. The lowest BCUT2D eigenvalue weighted by Crippen LogP contribution is -2.36. The van der Waals surface area contributed by atoms with Gasteiger partial charge < -0.3 is 4.90 Å². The van der Waals surface area contributed by atoms with Crippen LogP contribution < -0.4 is 0 Å². The van der Waals surface area contributed by atoms with Crippen LogP contribution in [0, 0.1) is 0 Å². The van der Waals surface area contributed by atoms with Gasteiger partial charge in [0.15, 0.2) is 19.7 Å². The molecule has 0 aromatic heterocycles. The van der Waals surface area contributed by atoms with Crippen molar-refractivity contribution in [2.75, 3.05) is 18.1 Å². The summed E-state index contributed by atoms with van der Waals surface area (Å²) in [6, 6.07) is 11.9. The first-order valence-corrected chi connectivity index (χ1v) is 13.0. The van der Waals surface area contributed by atoms with Crippen LogP contribution in [-0.2, 0) is 32.6 Å². The van der Waals surface area contributed by atoms with Gasteiger partial charge in [0, 0.05) is 13.1 Å². The van der Waals surface area contributed by atoms with Gasteiger partial charge in [-0.15, -0.1) is 0 Å². The molecule has 2 aliphatic rings. The molecular weight excluding hydrogens is 434 g/mol. The van der Waals surface area contributed by atoms with Crippen molar-refractivity contribution in [1.29, 1.82) is 0 Å². The highest BCUT2D eigenvalue weighted by atomic mass is 35.5. The standard InChI is InChI=1S/C20H20ClNO5S2/c21-19-6-5-16(29(26,27)17-8-10-28(24,25)13-17)11-18(19)20(23)22-9-7-14-3-1-2-4-15(14)12-22/h1-6,11,17H,7-10,12-13H2. The van der Waals surface area contributed by atoms with Gasteiger partial charge in [0.2, 0.25) is 0 Å². The Morgan fingerprint density at radius 3 is 2.52 bits per heavy atom. The number of amides is 1. The van der Waals surface area contributed by atoms with Crippen LogP contribution in [0.25, 0.3) is 0 Å². The number of hydrogen-bond donors (Lipinski definition) is 0. The van der Waals surface area contributed by atoms with Crippen LogP contribution in [0.1, 0.15) is 27.9 Å². The van der Waals surface area contributed by atoms with E-state index in [-0.39, 0.29) is 39.3 Å². The Balaban J connectivity index is 1.63. The first-order valence-electron chi connectivity index (χ1n) is 9.27. The van der Waals surface area contributed by atoms with E-state index in [1.807, 2.05) is 24.3 Å². The molecule has 0 radical (unpaired) electrons. The fourth-order valence-corrected chi connectivity index (χ4v) is 8.47. The highest BCUT2D eigenvalue weighted by Crippen LogP contribution is 2.29. The molecule has 0 N–H and O–H groups in total. The average Bonchev–Trinajstić information content (AvgIpc) is 3.08. The van der Waals surface area contributed by atoms with Crippen molar-refractivity contribution in [3.63, 3.8) is 0 Å². The van der Waals surface area contributed by atoms with Gasteiger partial charge in [0.1, 0.15) is 0 Å². The van der Waals surface area contributed by atoms with Crippen molar-refractivity contribution in [3.05, 3.63) is 64.2 Å². The minimum Gasteiger partial charge on any atom is -0.334 e. The topological polar surface area (TPSA) is 88.6 Å². The normalized spacial score (nSPS) is 21.0. The molecule has 0 saturated carbocycles. The van der Waals surface area contributed by atoms with Crippen LogP contribution in [0.5, 0.6) is 0 Å². The van der Waals surface area contributed by atoms with Gasteiger partial charge in [-0.2, -0.15) is 0 Å². The predicted molar refractivity (Wildman–Crippen MR) is 111 cm³/mol. The molecule has 0 spiro atoms. The molecule has 2 aromatic carbocycles. The van der Waals surface area contributed by atoms with E-state index >= 15 is 0 Å². The van der Waals surface area contributed by atoms with Crippen LogP contribution in [0.2, 0.25) is 5.02 Å². The Hall–Kier alpha value is -1.90. The van der Waals surface area contributed by atoms with Crippen molar-refractivity contribution in [2.45, 2.75) is 29.5 Å². The summed E-state index contributed by atoms with van der Waals surface area (Å²) in [6.07, 6.45) is 0.789. The van der Waals surface area contributed by atoms with E-state index in [1.165, 1.54) is 23.8 Å². The van der Waals surface area contributed by atoms with Crippen molar-refractivity contribution in [2.24, 2.45) is 0 Å². The third-order valence-corrected chi connectivity index (χ3v) is 10.0. The molecule has 9 heteroatoms. The molecule has 1 saturated heterocycles. The van der Waals surface area contributed by atoms with Crippen LogP contribution in [0.3, 0.4) is 0 Å². The zero-order valence-corrected chi connectivity index (χ0v) is 17.9. The molecule has 0 aliphatic carbocycles. The second-order valence-corrected chi connectivity index (χ2v) is 12.3. The van der Waals surface area contributed by atoms with Crippen molar-refractivity contribution in [1.82, 2.24) is 4.90 Å². The molecule has 29 heavy (non-hydrogen) atoms. The molecule has 6 nitrogen and oxygen atoms in total. The lowest BCUT2D eigenvalue weighted by Gasteiger charge is -2.29. The summed E-state index contributed by atoms with van der Waals surface area (Å²) >= 11 is 6.23. The second kappa shape index (κ2) is 7.41. The van der Waals surface area contributed by atoms with Crippen LogP contribution in [0.4, 0.5) is 0 Å². The molecule has 2 aliphatic heterocycles. The Bertz CT molecular complexity index is 1190. The molecule has 2 aromatic rings. The summed E-state index contributed by atoms with van der Waals surface area (Å²) in [5.41, 5.74) is 2.37. The van der Waals surface area contributed by atoms with Crippen LogP contribution in [-0.4, -0.2) is 50.9 Å². The van der Waals surface area contributed by atoms with E-state index in [0.29, 0.717) is 13.1 Å². The van der Waals surface area contributed by atoms with Gasteiger partial charge in [-0.05, 0) is 42.2 Å². The summed E-state index contributed by atoms with van der Waals surface area (Å²) in [7, 11) is -7.22. The highest BCUT2D eigenvalue weighted by molar-refractivity contribution is 7.96. The van der Waals surface area contributed by atoms with Gasteiger partial charge in [-0.25, -0.2) is 16.8 Å². The number of rotatable bonds is 3. The smallest absolute Gasteiger partial charge is 0.255 e. The number of hydrogen-bond acceptors (Lipinski definition) is 5. The van der Waals surface area contributed by atoms with E-state index in [9.17, 15) is 21.6 Å². The number of carbonyl (C=O) groups excluding carboxylic acids is 1. The maximum Gasteiger partial charge on any atom is 0.255 e. The monoisotopic (exact) mass is 453 g/mol. The van der Waals surface area contributed by atoms with E-state index < -0.39 is 24.9 Å². The molecule has 1 unspecified atom stereocenters. The van der Waals surface area contributed by atoms with E-state index in [1.54, 1.807) is 4.90 Å². The lowest BCUT2D eigenvalue weighted by atomic mass is 9.99. The summed E-state index contributed by atoms with van der Waals surface area (Å²) in [5.74, 6) is -0.853. The number of benzene rings is 2. The molecule has 1 atom stereocenters. The summed E-state index contributed by atoms with van der Waals surface area (Å²) in [4.78, 5) is 14.7. The molecule has 0 bridgehead atoms. The minimum absolute atomic E-state index is 0.0650. The molecule has 4 rings (SSSR count). The average molecular weight is 454 g/mol.